The fourth-order valence-corrected chi connectivity index (χ4v) is 1.52. The quantitative estimate of drug-likeness (QED) is 0.820. The lowest BCUT2D eigenvalue weighted by Gasteiger charge is -2.31. The Morgan fingerprint density at radius 1 is 1.33 bits per heavy atom. The Bertz CT molecular complexity index is 323. The summed E-state index contributed by atoms with van der Waals surface area (Å²) in [5, 5.41) is 3.20. The van der Waals surface area contributed by atoms with Gasteiger partial charge >= 0.3 is 0 Å². The van der Waals surface area contributed by atoms with Gasteiger partial charge in [0.2, 0.25) is 0 Å². The van der Waals surface area contributed by atoms with E-state index >= 15 is 0 Å². The van der Waals surface area contributed by atoms with Crippen molar-refractivity contribution in [1.82, 2.24) is 5.32 Å². The zero-order valence-corrected chi connectivity index (χ0v) is 9.84. The first kappa shape index (κ1) is 12.0. The van der Waals surface area contributed by atoms with Crippen LogP contribution in [-0.2, 0) is 0 Å². The molecule has 0 saturated carbocycles. The smallest absolute Gasteiger partial charge is 0.146 e. The van der Waals surface area contributed by atoms with Crippen LogP contribution in [0.25, 0.3) is 0 Å². The fraction of sp³-hybridized carbons (Fsp3) is 0.500. The van der Waals surface area contributed by atoms with Gasteiger partial charge in [0.1, 0.15) is 5.82 Å². The van der Waals surface area contributed by atoms with Gasteiger partial charge in [0.25, 0.3) is 0 Å². The largest absolute Gasteiger partial charge is 0.370 e. The minimum atomic E-state index is -0.174. The predicted octanol–water partition coefficient (Wildman–Crippen LogP) is 2.26. The van der Waals surface area contributed by atoms with E-state index in [-0.39, 0.29) is 11.4 Å². The SMILES string of the molecule is CNC(C)(C)CN(C)c1ccccc1F. The Labute approximate surface area is 91.1 Å². The van der Waals surface area contributed by atoms with Crippen molar-refractivity contribution in [3.05, 3.63) is 30.1 Å². The maximum atomic E-state index is 13.5. The molecule has 1 rings (SSSR count). The highest BCUT2D eigenvalue weighted by molar-refractivity contribution is 5.47. The number of hydrogen-bond acceptors (Lipinski definition) is 2. The third-order valence-electron chi connectivity index (χ3n) is 2.57. The number of benzene rings is 1. The molecule has 0 radical (unpaired) electrons. The minimum absolute atomic E-state index is 0.0307. The van der Waals surface area contributed by atoms with E-state index in [4.69, 9.17) is 0 Å². The average Bonchev–Trinajstić information content (AvgIpc) is 2.17. The molecule has 0 saturated heterocycles. The third kappa shape index (κ3) is 3.20. The molecule has 0 atom stereocenters. The lowest BCUT2D eigenvalue weighted by Crippen LogP contribution is -2.46. The summed E-state index contributed by atoms with van der Waals surface area (Å²) in [6, 6.07) is 6.83. The first-order valence-corrected chi connectivity index (χ1v) is 5.11. The van der Waals surface area contributed by atoms with Crippen molar-refractivity contribution >= 4 is 5.69 Å². The number of para-hydroxylation sites is 1. The maximum absolute atomic E-state index is 13.5. The second-order valence-corrected chi connectivity index (χ2v) is 4.44. The molecule has 1 aromatic rings. The molecule has 0 unspecified atom stereocenters. The van der Waals surface area contributed by atoms with Crippen LogP contribution in [0.3, 0.4) is 0 Å². The summed E-state index contributed by atoms with van der Waals surface area (Å²) in [6.45, 7) is 4.93. The van der Waals surface area contributed by atoms with Gasteiger partial charge in [-0.3, -0.25) is 0 Å². The first-order valence-electron chi connectivity index (χ1n) is 5.11. The van der Waals surface area contributed by atoms with E-state index in [1.54, 1.807) is 12.1 Å². The van der Waals surface area contributed by atoms with Crippen LogP contribution in [0.2, 0.25) is 0 Å². The van der Waals surface area contributed by atoms with Crippen LogP contribution < -0.4 is 10.2 Å². The van der Waals surface area contributed by atoms with Crippen LogP contribution in [0.1, 0.15) is 13.8 Å². The van der Waals surface area contributed by atoms with Gasteiger partial charge in [-0.1, -0.05) is 12.1 Å². The van der Waals surface area contributed by atoms with Crippen LogP contribution >= 0.6 is 0 Å². The molecule has 1 N–H and O–H groups in total. The molecule has 0 fully saturated rings. The molecule has 0 aliphatic heterocycles. The van der Waals surface area contributed by atoms with Gasteiger partial charge in [-0.15, -0.1) is 0 Å². The van der Waals surface area contributed by atoms with Crippen LogP contribution in [-0.4, -0.2) is 26.2 Å². The van der Waals surface area contributed by atoms with Crippen LogP contribution in [0.5, 0.6) is 0 Å². The van der Waals surface area contributed by atoms with Crippen LogP contribution in [0.15, 0.2) is 24.3 Å². The summed E-state index contributed by atoms with van der Waals surface area (Å²) in [5.41, 5.74) is 0.609. The topological polar surface area (TPSA) is 15.3 Å². The van der Waals surface area contributed by atoms with Crippen molar-refractivity contribution in [3.8, 4) is 0 Å². The highest BCUT2D eigenvalue weighted by Gasteiger charge is 2.18. The predicted molar refractivity (Wildman–Crippen MR) is 62.8 cm³/mol. The molecule has 15 heavy (non-hydrogen) atoms. The number of anilines is 1. The molecule has 1 aromatic carbocycles. The molecular formula is C12H19FN2. The van der Waals surface area contributed by atoms with E-state index in [1.807, 2.05) is 25.1 Å². The lowest BCUT2D eigenvalue weighted by atomic mass is 10.1. The van der Waals surface area contributed by atoms with Crippen molar-refractivity contribution in [2.24, 2.45) is 0 Å². The molecule has 0 spiro atoms. The molecule has 84 valence electrons. The number of halogens is 1. The number of hydrogen-bond donors (Lipinski definition) is 1. The molecule has 0 aliphatic carbocycles. The van der Waals surface area contributed by atoms with E-state index < -0.39 is 0 Å². The summed E-state index contributed by atoms with van der Waals surface area (Å²) in [5.74, 6) is -0.174. The Kier molecular flexibility index (Phi) is 3.69. The zero-order valence-electron chi connectivity index (χ0n) is 9.84. The van der Waals surface area contributed by atoms with Gasteiger partial charge in [0.05, 0.1) is 5.69 Å². The summed E-state index contributed by atoms with van der Waals surface area (Å²) >= 11 is 0. The van der Waals surface area contributed by atoms with E-state index in [1.165, 1.54) is 6.07 Å². The number of likely N-dealkylation sites (N-methyl/N-ethyl adjacent to an activating group) is 2. The Morgan fingerprint density at radius 2 is 1.93 bits per heavy atom. The highest BCUT2D eigenvalue weighted by atomic mass is 19.1. The van der Waals surface area contributed by atoms with Crippen LogP contribution in [0, 0.1) is 5.82 Å². The van der Waals surface area contributed by atoms with Crippen molar-refractivity contribution in [2.45, 2.75) is 19.4 Å². The normalized spacial score (nSPS) is 11.5. The van der Waals surface area contributed by atoms with E-state index in [2.05, 4.69) is 19.2 Å². The van der Waals surface area contributed by atoms with Crippen LogP contribution in [0.4, 0.5) is 10.1 Å². The van der Waals surface area contributed by atoms with E-state index in [0.717, 1.165) is 6.54 Å². The molecular weight excluding hydrogens is 191 g/mol. The molecule has 0 aliphatic rings. The molecule has 0 bridgehead atoms. The summed E-state index contributed by atoms with van der Waals surface area (Å²) in [4.78, 5) is 1.92. The van der Waals surface area contributed by atoms with Crippen molar-refractivity contribution < 1.29 is 4.39 Å². The standard InChI is InChI=1S/C12H19FN2/c1-12(2,14-3)9-15(4)11-8-6-5-7-10(11)13/h5-8,14H,9H2,1-4H3. The molecule has 0 amide bonds. The fourth-order valence-electron chi connectivity index (χ4n) is 1.52. The summed E-state index contributed by atoms with van der Waals surface area (Å²) in [7, 11) is 3.81. The van der Waals surface area contributed by atoms with Gasteiger partial charge in [-0.2, -0.15) is 0 Å². The monoisotopic (exact) mass is 210 g/mol. The number of nitrogens with zero attached hydrogens (tertiary/aromatic N) is 1. The third-order valence-corrected chi connectivity index (χ3v) is 2.57. The lowest BCUT2D eigenvalue weighted by molar-refractivity contribution is 0.426. The molecule has 0 heterocycles. The second-order valence-electron chi connectivity index (χ2n) is 4.44. The molecule has 3 heteroatoms. The Morgan fingerprint density at radius 3 is 2.47 bits per heavy atom. The van der Waals surface area contributed by atoms with Gasteiger partial charge in [0, 0.05) is 19.1 Å². The van der Waals surface area contributed by atoms with Crippen molar-refractivity contribution in [2.75, 3.05) is 25.5 Å². The van der Waals surface area contributed by atoms with Gasteiger partial charge in [0.15, 0.2) is 0 Å². The molecule has 2 nitrogen and oxygen atoms in total. The van der Waals surface area contributed by atoms with Crippen molar-refractivity contribution in [1.29, 1.82) is 0 Å². The van der Waals surface area contributed by atoms with E-state index in [0.29, 0.717) is 5.69 Å². The van der Waals surface area contributed by atoms with Gasteiger partial charge < -0.3 is 10.2 Å². The maximum Gasteiger partial charge on any atom is 0.146 e. The van der Waals surface area contributed by atoms with E-state index in [9.17, 15) is 4.39 Å². The second kappa shape index (κ2) is 4.62. The molecule has 0 aromatic heterocycles. The summed E-state index contributed by atoms with van der Waals surface area (Å²) in [6.07, 6.45) is 0. The van der Waals surface area contributed by atoms with Gasteiger partial charge in [-0.25, -0.2) is 4.39 Å². The van der Waals surface area contributed by atoms with Crippen molar-refractivity contribution in [3.63, 3.8) is 0 Å². The Hall–Kier alpha value is -1.09. The highest BCUT2D eigenvalue weighted by Crippen LogP contribution is 2.18. The first-order chi connectivity index (χ1) is 6.96. The number of rotatable bonds is 4. The summed E-state index contributed by atoms with van der Waals surface area (Å²) < 4.78 is 13.5. The van der Waals surface area contributed by atoms with Gasteiger partial charge in [-0.05, 0) is 33.0 Å². The zero-order chi connectivity index (χ0) is 11.5. The number of nitrogens with one attached hydrogen (secondary N) is 1. The Balaban J connectivity index is 2.78. The minimum Gasteiger partial charge on any atom is -0.370 e. The average molecular weight is 210 g/mol.